The monoisotopic (exact) mass is 227 g/mol. The minimum absolute atomic E-state index is 0.620. The second-order valence-electron chi connectivity index (χ2n) is 4.22. The molecule has 0 amide bonds. The van der Waals surface area contributed by atoms with Crippen molar-refractivity contribution in [2.75, 3.05) is 18.1 Å². The summed E-state index contributed by atoms with van der Waals surface area (Å²) < 4.78 is 2.18. The fraction of sp³-hybridized carbons (Fsp3) is 0.727. The van der Waals surface area contributed by atoms with Crippen LogP contribution in [0.25, 0.3) is 0 Å². The third-order valence-corrected chi connectivity index (χ3v) is 3.20. The zero-order valence-electron chi connectivity index (χ0n) is 10.0. The lowest BCUT2D eigenvalue weighted by Crippen LogP contribution is -2.16. The Labute approximate surface area is 96.7 Å². The van der Waals surface area contributed by atoms with Gasteiger partial charge in [-0.15, -0.1) is 0 Å². The molecule has 1 heterocycles. The van der Waals surface area contributed by atoms with E-state index in [-0.39, 0.29) is 0 Å². The van der Waals surface area contributed by atoms with Crippen LogP contribution in [-0.4, -0.2) is 27.6 Å². The van der Waals surface area contributed by atoms with E-state index in [1.54, 1.807) is 0 Å². The van der Waals surface area contributed by atoms with Gasteiger partial charge in [0.05, 0.1) is 0 Å². The van der Waals surface area contributed by atoms with Crippen molar-refractivity contribution in [3.63, 3.8) is 0 Å². The van der Waals surface area contributed by atoms with Crippen molar-refractivity contribution >= 4 is 17.7 Å². The van der Waals surface area contributed by atoms with E-state index >= 15 is 0 Å². The van der Waals surface area contributed by atoms with Gasteiger partial charge in [0.1, 0.15) is 0 Å². The Kier molecular flexibility index (Phi) is 5.02. The summed E-state index contributed by atoms with van der Waals surface area (Å²) in [7, 11) is 0. The molecule has 4 heteroatoms. The number of hydrogen-bond donors (Lipinski definition) is 1. The second-order valence-corrected chi connectivity index (χ2v) is 5.50. The Hall–Kier alpha value is -0.640. The summed E-state index contributed by atoms with van der Waals surface area (Å²) in [6.07, 6.45) is 6.02. The standard InChI is InChI=1S/C11H21N3S/c1-9(2)8-14-6-5-12-11(14)13-7-10(3)15-4/h5-6,9-10H,7-8H2,1-4H3,(H,12,13). The lowest BCUT2D eigenvalue weighted by molar-refractivity contribution is 0.526. The number of thioether (sulfide) groups is 1. The van der Waals surface area contributed by atoms with Crippen molar-refractivity contribution in [1.82, 2.24) is 9.55 Å². The zero-order chi connectivity index (χ0) is 11.3. The van der Waals surface area contributed by atoms with Crippen molar-refractivity contribution in [2.45, 2.75) is 32.6 Å². The van der Waals surface area contributed by atoms with Crippen LogP contribution in [0.3, 0.4) is 0 Å². The molecule has 0 aliphatic rings. The average molecular weight is 227 g/mol. The average Bonchev–Trinajstić information content (AvgIpc) is 2.61. The zero-order valence-corrected chi connectivity index (χ0v) is 10.8. The summed E-state index contributed by atoms with van der Waals surface area (Å²) in [5.41, 5.74) is 0. The van der Waals surface area contributed by atoms with Crippen LogP contribution < -0.4 is 5.32 Å². The van der Waals surface area contributed by atoms with Crippen molar-refractivity contribution in [1.29, 1.82) is 0 Å². The van der Waals surface area contributed by atoms with E-state index in [1.165, 1.54) is 0 Å². The van der Waals surface area contributed by atoms with Gasteiger partial charge in [0.15, 0.2) is 0 Å². The molecule has 1 rings (SSSR count). The first-order valence-electron chi connectivity index (χ1n) is 5.41. The van der Waals surface area contributed by atoms with Crippen LogP contribution in [0.15, 0.2) is 12.4 Å². The van der Waals surface area contributed by atoms with Crippen molar-refractivity contribution < 1.29 is 0 Å². The molecule has 0 fully saturated rings. The summed E-state index contributed by atoms with van der Waals surface area (Å²) in [5, 5.41) is 4.00. The number of nitrogens with zero attached hydrogens (tertiary/aromatic N) is 2. The molecule has 86 valence electrons. The number of nitrogens with one attached hydrogen (secondary N) is 1. The number of aromatic nitrogens is 2. The van der Waals surface area contributed by atoms with Gasteiger partial charge in [0.25, 0.3) is 0 Å². The molecule has 1 aromatic rings. The van der Waals surface area contributed by atoms with Crippen molar-refractivity contribution in [3.05, 3.63) is 12.4 Å². The molecule has 3 nitrogen and oxygen atoms in total. The predicted octanol–water partition coefficient (Wildman–Crippen LogP) is 2.70. The number of rotatable bonds is 6. The first-order chi connectivity index (χ1) is 7.13. The molecular formula is C11H21N3S. The smallest absolute Gasteiger partial charge is 0.202 e. The van der Waals surface area contributed by atoms with Crippen LogP contribution in [0.4, 0.5) is 5.95 Å². The first kappa shape index (κ1) is 12.4. The Morgan fingerprint density at radius 1 is 1.47 bits per heavy atom. The minimum Gasteiger partial charge on any atom is -0.355 e. The molecule has 0 aromatic carbocycles. The van der Waals surface area contributed by atoms with Crippen LogP contribution in [0.5, 0.6) is 0 Å². The van der Waals surface area contributed by atoms with E-state index in [4.69, 9.17) is 0 Å². The molecule has 0 saturated carbocycles. The highest BCUT2D eigenvalue weighted by Crippen LogP contribution is 2.10. The number of anilines is 1. The molecule has 0 aliphatic heterocycles. The van der Waals surface area contributed by atoms with E-state index < -0.39 is 0 Å². The first-order valence-corrected chi connectivity index (χ1v) is 6.70. The Bertz CT molecular complexity index is 283. The van der Waals surface area contributed by atoms with Gasteiger partial charge >= 0.3 is 0 Å². The second kappa shape index (κ2) is 6.05. The van der Waals surface area contributed by atoms with E-state index in [9.17, 15) is 0 Å². The van der Waals surface area contributed by atoms with Crippen LogP contribution in [0.2, 0.25) is 0 Å². The summed E-state index contributed by atoms with van der Waals surface area (Å²) in [6, 6.07) is 0. The molecule has 15 heavy (non-hydrogen) atoms. The molecule has 1 unspecified atom stereocenters. The van der Waals surface area contributed by atoms with Gasteiger partial charge in [-0.3, -0.25) is 0 Å². The van der Waals surface area contributed by atoms with Gasteiger partial charge < -0.3 is 9.88 Å². The molecule has 1 aromatic heterocycles. The molecule has 0 saturated heterocycles. The number of imidazole rings is 1. The Morgan fingerprint density at radius 2 is 2.20 bits per heavy atom. The van der Waals surface area contributed by atoms with Crippen LogP contribution >= 0.6 is 11.8 Å². The largest absolute Gasteiger partial charge is 0.355 e. The SMILES string of the molecule is CSC(C)CNc1nccn1CC(C)C. The molecular weight excluding hydrogens is 206 g/mol. The molecule has 0 spiro atoms. The summed E-state index contributed by atoms with van der Waals surface area (Å²) in [5.74, 6) is 1.64. The lowest BCUT2D eigenvalue weighted by atomic mass is 10.2. The van der Waals surface area contributed by atoms with E-state index in [0.29, 0.717) is 11.2 Å². The maximum Gasteiger partial charge on any atom is 0.202 e. The van der Waals surface area contributed by atoms with Crippen LogP contribution in [0, 0.1) is 5.92 Å². The fourth-order valence-electron chi connectivity index (χ4n) is 1.34. The van der Waals surface area contributed by atoms with Crippen LogP contribution in [0.1, 0.15) is 20.8 Å². The van der Waals surface area contributed by atoms with Gasteiger partial charge in [0, 0.05) is 30.7 Å². The highest BCUT2D eigenvalue weighted by Gasteiger charge is 2.05. The maximum atomic E-state index is 4.32. The van der Waals surface area contributed by atoms with Gasteiger partial charge in [-0.05, 0) is 12.2 Å². The summed E-state index contributed by atoms with van der Waals surface area (Å²) in [6.45, 7) is 8.64. The Morgan fingerprint density at radius 3 is 2.80 bits per heavy atom. The van der Waals surface area contributed by atoms with Gasteiger partial charge in [-0.25, -0.2) is 4.98 Å². The van der Waals surface area contributed by atoms with E-state index in [0.717, 1.165) is 19.0 Å². The number of hydrogen-bond acceptors (Lipinski definition) is 3. The fourth-order valence-corrected chi connectivity index (χ4v) is 1.59. The van der Waals surface area contributed by atoms with Crippen molar-refractivity contribution in [2.24, 2.45) is 5.92 Å². The van der Waals surface area contributed by atoms with E-state index in [2.05, 4.69) is 41.9 Å². The topological polar surface area (TPSA) is 29.9 Å². The summed E-state index contributed by atoms with van der Waals surface area (Å²) >= 11 is 1.87. The third-order valence-electron chi connectivity index (χ3n) is 2.23. The van der Waals surface area contributed by atoms with E-state index in [1.807, 2.05) is 24.2 Å². The van der Waals surface area contributed by atoms with Gasteiger partial charge in [-0.2, -0.15) is 11.8 Å². The van der Waals surface area contributed by atoms with Crippen LogP contribution in [-0.2, 0) is 6.54 Å². The molecule has 0 bridgehead atoms. The molecule has 1 atom stereocenters. The normalized spacial score (nSPS) is 13.1. The quantitative estimate of drug-likeness (QED) is 0.810. The third kappa shape index (κ3) is 4.16. The summed E-state index contributed by atoms with van der Waals surface area (Å²) in [4.78, 5) is 4.32. The molecule has 1 N–H and O–H groups in total. The highest BCUT2D eigenvalue weighted by molar-refractivity contribution is 7.99. The van der Waals surface area contributed by atoms with Gasteiger partial charge in [-0.1, -0.05) is 20.8 Å². The maximum absolute atomic E-state index is 4.32. The molecule has 0 radical (unpaired) electrons. The van der Waals surface area contributed by atoms with Gasteiger partial charge in [0.2, 0.25) is 5.95 Å². The highest BCUT2D eigenvalue weighted by atomic mass is 32.2. The Balaban J connectivity index is 2.49. The minimum atomic E-state index is 0.620. The predicted molar refractivity (Wildman–Crippen MR) is 68.5 cm³/mol. The van der Waals surface area contributed by atoms with Crippen molar-refractivity contribution in [3.8, 4) is 0 Å². The molecule has 0 aliphatic carbocycles. The lowest BCUT2D eigenvalue weighted by Gasteiger charge is -2.13.